The van der Waals surface area contributed by atoms with Crippen molar-refractivity contribution in [3.63, 3.8) is 0 Å². The molecule has 0 spiro atoms. The summed E-state index contributed by atoms with van der Waals surface area (Å²) in [6, 6.07) is 3.52. The molecule has 1 aliphatic heterocycles. The van der Waals surface area contributed by atoms with Gasteiger partial charge in [-0.2, -0.15) is 10.1 Å². The molecule has 4 heterocycles. The van der Waals surface area contributed by atoms with E-state index in [-0.39, 0.29) is 40.4 Å². The van der Waals surface area contributed by atoms with E-state index in [4.69, 9.17) is 10.2 Å². The molecule has 0 radical (unpaired) electrons. The number of benzene rings is 1. The van der Waals surface area contributed by atoms with Crippen LogP contribution >= 0.6 is 0 Å². The third-order valence-corrected chi connectivity index (χ3v) is 5.53. The number of nitrogens with one attached hydrogen (secondary N) is 1. The normalized spacial score (nSPS) is 16.3. The molecular weight excluding hydrogens is 431 g/mol. The minimum atomic E-state index is -0.637. The van der Waals surface area contributed by atoms with E-state index in [0.29, 0.717) is 24.3 Å². The lowest BCUT2D eigenvalue weighted by Crippen LogP contribution is -2.40. The number of halogens is 1. The van der Waals surface area contributed by atoms with Gasteiger partial charge < -0.3 is 15.1 Å². The zero-order chi connectivity index (χ0) is 23.1. The molecule has 3 aromatic heterocycles. The molecule has 1 aliphatic rings. The third kappa shape index (κ3) is 3.64. The topological polar surface area (TPSA) is 145 Å². The van der Waals surface area contributed by atoms with E-state index >= 15 is 0 Å². The van der Waals surface area contributed by atoms with Crippen LogP contribution in [0, 0.1) is 5.82 Å². The fourth-order valence-corrected chi connectivity index (χ4v) is 4.00. The average molecular weight is 450 g/mol. The number of fused-ring (bicyclic) bond motifs is 2. The van der Waals surface area contributed by atoms with E-state index in [9.17, 15) is 14.0 Å². The van der Waals surface area contributed by atoms with Crippen LogP contribution in [0.3, 0.4) is 0 Å². The van der Waals surface area contributed by atoms with Crippen molar-refractivity contribution in [1.29, 1.82) is 0 Å². The zero-order valence-electron chi connectivity index (χ0n) is 17.4. The van der Waals surface area contributed by atoms with E-state index in [1.807, 2.05) is 0 Å². The Bertz CT molecular complexity index is 1410. The SMILES string of the molecule is C=CC(=O)N1CCC[C@@H](n2nc(C(=O)Nc3nc4cc(F)ccc4o3)c3c(N)ncnc32)C1. The Labute approximate surface area is 186 Å². The summed E-state index contributed by atoms with van der Waals surface area (Å²) in [5.41, 5.74) is 7.01. The van der Waals surface area contributed by atoms with Crippen LogP contribution in [0.1, 0.15) is 29.4 Å². The second-order valence-corrected chi connectivity index (χ2v) is 7.62. The van der Waals surface area contributed by atoms with Gasteiger partial charge in [-0.15, -0.1) is 0 Å². The molecule has 11 nitrogen and oxygen atoms in total. The quantitative estimate of drug-likeness (QED) is 0.451. The minimum absolute atomic E-state index is 0.0105. The van der Waals surface area contributed by atoms with Gasteiger partial charge in [-0.05, 0) is 31.1 Å². The molecule has 4 aromatic rings. The van der Waals surface area contributed by atoms with Crippen molar-refractivity contribution in [2.45, 2.75) is 18.9 Å². The maximum atomic E-state index is 13.4. The zero-order valence-corrected chi connectivity index (χ0v) is 17.4. The van der Waals surface area contributed by atoms with Gasteiger partial charge in [0.1, 0.15) is 23.5 Å². The van der Waals surface area contributed by atoms with Crippen molar-refractivity contribution < 1.29 is 18.4 Å². The van der Waals surface area contributed by atoms with Crippen LogP contribution in [-0.4, -0.2) is 54.5 Å². The van der Waals surface area contributed by atoms with Gasteiger partial charge in [-0.3, -0.25) is 14.9 Å². The highest BCUT2D eigenvalue weighted by molar-refractivity contribution is 6.12. The molecule has 1 fully saturated rings. The first-order chi connectivity index (χ1) is 15.9. The number of aromatic nitrogens is 5. The van der Waals surface area contributed by atoms with Crippen LogP contribution in [-0.2, 0) is 4.79 Å². The number of anilines is 2. The standard InChI is InChI=1S/C21H19FN8O3/c1-2-15(31)29-7-3-4-12(9-29)30-19-16(18(23)24-10-25-19)17(28-30)20(32)27-21-26-13-8-11(22)5-6-14(13)33-21/h2,5-6,8,10,12H,1,3-4,7,9H2,(H2,23,24,25)(H,26,27,32)/t12-/m1/s1. The fraction of sp³-hybridized carbons (Fsp3) is 0.238. The molecule has 1 atom stereocenters. The Morgan fingerprint density at radius 3 is 3.00 bits per heavy atom. The first-order valence-corrected chi connectivity index (χ1v) is 10.2. The molecule has 33 heavy (non-hydrogen) atoms. The van der Waals surface area contributed by atoms with Crippen molar-refractivity contribution in [2.75, 3.05) is 24.1 Å². The number of nitrogen functional groups attached to an aromatic ring is 1. The second kappa shape index (κ2) is 7.97. The fourth-order valence-electron chi connectivity index (χ4n) is 4.00. The first kappa shape index (κ1) is 20.5. The number of oxazole rings is 1. The molecular formula is C21H19FN8O3. The molecule has 168 valence electrons. The number of nitrogens with two attached hydrogens (primary N) is 1. The number of amides is 2. The molecule has 12 heteroatoms. The number of hydrogen-bond donors (Lipinski definition) is 2. The number of likely N-dealkylation sites (tertiary alicyclic amines) is 1. The molecule has 0 aliphatic carbocycles. The van der Waals surface area contributed by atoms with Crippen molar-refractivity contribution in [3.05, 3.63) is 48.7 Å². The van der Waals surface area contributed by atoms with Crippen LogP contribution in [0.25, 0.3) is 22.1 Å². The maximum absolute atomic E-state index is 13.4. The van der Waals surface area contributed by atoms with E-state index in [1.54, 1.807) is 9.58 Å². The Hall–Kier alpha value is -4.35. The molecule has 1 aromatic carbocycles. The number of nitrogens with zero attached hydrogens (tertiary/aromatic N) is 6. The minimum Gasteiger partial charge on any atom is -0.423 e. The highest BCUT2D eigenvalue weighted by Gasteiger charge is 2.29. The number of carbonyl (C=O) groups is 2. The first-order valence-electron chi connectivity index (χ1n) is 10.2. The lowest BCUT2D eigenvalue weighted by Gasteiger charge is -2.32. The van der Waals surface area contributed by atoms with Crippen LogP contribution in [0.15, 0.2) is 41.6 Å². The van der Waals surface area contributed by atoms with Gasteiger partial charge in [-0.25, -0.2) is 19.0 Å². The molecule has 5 rings (SSSR count). The third-order valence-electron chi connectivity index (χ3n) is 5.53. The molecule has 1 saturated heterocycles. The highest BCUT2D eigenvalue weighted by Crippen LogP contribution is 2.29. The summed E-state index contributed by atoms with van der Waals surface area (Å²) in [5, 5.41) is 7.30. The number of hydrogen-bond acceptors (Lipinski definition) is 8. The largest absolute Gasteiger partial charge is 0.423 e. The van der Waals surface area contributed by atoms with Gasteiger partial charge >= 0.3 is 6.01 Å². The summed E-state index contributed by atoms with van der Waals surface area (Å²) >= 11 is 0. The van der Waals surface area contributed by atoms with Gasteiger partial charge in [0.15, 0.2) is 16.9 Å². The summed E-state index contributed by atoms with van der Waals surface area (Å²) < 4.78 is 20.5. The highest BCUT2D eigenvalue weighted by atomic mass is 19.1. The lowest BCUT2D eigenvalue weighted by molar-refractivity contribution is -0.127. The van der Waals surface area contributed by atoms with Crippen molar-refractivity contribution in [2.24, 2.45) is 0 Å². The maximum Gasteiger partial charge on any atom is 0.302 e. The van der Waals surface area contributed by atoms with Crippen LogP contribution in [0.5, 0.6) is 0 Å². The smallest absolute Gasteiger partial charge is 0.302 e. The molecule has 0 saturated carbocycles. The summed E-state index contributed by atoms with van der Waals surface area (Å²) in [5.74, 6) is -1.19. The van der Waals surface area contributed by atoms with Crippen LogP contribution < -0.4 is 11.1 Å². The van der Waals surface area contributed by atoms with E-state index in [2.05, 4.69) is 31.9 Å². The molecule has 3 N–H and O–H groups in total. The monoisotopic (exact) mass is 450 g/mol. The Morgan fingerprint density at radius 1 is 1.33 bits per heavy atom. The molecule has 2 amide bonds. The predicted octanol–water partition coefficient (Wildman–Crippen LogP) is 2.29. The van der Waals surface area contributed by atoms with Crippen molar-refractivity contribution in [3.8, 4) is 0 Å². The Kier molecular flexibility index (Phi) is 4.96. The van der Waals surface area contributed by atoms with Gasteiger partial charge in [0.25, 0.3) is 5.91 Å². The van der Waals surface area contributed by atoms with Crippen LogP contribution in [0.4, 0.5) is 16.2 Å². The van der Waals surface area contributed by atoms with Gasteiger partial charge in [0.05, 0.1) is 11.4 Å². The van der Waals surface area contributed by atoms with E-state index in [0.717, 1.165) is 12.8 Å². The average Bonchev–Trinajstić information content (AvgIpc) is 3.40. The second-order valence-electron chi connectivity index (χ2n) is 7.62. The summed E-state index contributed by atoms with van der Waals surface area (Å²) in [7, 11) is 0. The van der Waals surface area contributed by atoms with Gasteiger partial charge in [0.2, 0.25) is 5.91 Å². The van der Waals surface area contributed by atoms with Crippen molar-refractivity contribution in [1.82, 2.24) is 29.6 Å². The predicted molar refractivity (Wildman–Crippen MR) is 117 cm³/mol. The molecule has 0 bridgehead atoms. The number of carbonyl (C=O) groups excluding carboxylic acids is 2. The Morgan fingerprint density at radius 2 is 2.18 bits per heavy atom. The van der Waals surface area contributed by atoms with E-state index in [1.165, 1.54) is 30.6 Å². The van der Waals surface area contributed by atoms with Gasteiger partial charge in [-0.1, -0.05) is 6.58 Å². The summed E-state index contributed by atoms with van der Waals surface area (Å²) in [4.78, 5) is 39.2. The van der Waals surface area contributed by atoms with Crippen LogP contribution in [0.2, 0.25) is 0 Å². The summed E-state index contributed by atoms with van der Waals surface area (Å²) in [6.07, 6.45) is 4.06. The Balaban J connectivity index is 1.50. The van der Waals surface area contributed by atoms with Gasteiger partial charge in [0, 0.05) is 19.2 Å². The molecule has 0 unspecified atom stereocenters. The number of piperidine rings is 1. The number of rotatable bonds is 4. The summed E-state index contributed by atoms with van der Waals surface area (Å²) in [6.45, 7) is 4.55. The van der Waals surface area contributed by atoms with E-state index < -0.39 is 11.7 Å². The van der Waals surface area contributed by atoms with Crippen molar-refractivity contribution >= 4 is 45.8 Å². The lowest BCUT2D eigenvalue weighted by atomic mass is 10.1.